The summed E-state index contributed by atoms with van der Waals surface area (Å²) in [6.07, 6.45) is 8.90. The van der Waals surface area contributed by atoms with Crippen LogP contribution in [-0.2, 0) is 0 Å². The maximum atomic E-state index is 5.71. The molecule has 0 heterocycles. The van der Waals surface area contributed by atoms with Gasteiger partial charge in [-0.25, -0.2) is 0 Å². The normalized spacial score (nSPS) is 12.4. The van der Waals surface area contributed by atoms with Gasteiger partial charge in [-0.15, -0.1) is 0 Å². The van der Waals surface area contributed by atoms with Gasteiger partial charge in [-0.05, 0) is 43.0 Å². The van der Waals surface area contributed by atoms with Crippen LogP contribution >= 0.6 is 0 Å². The first kappa shape index (κ1) is 17.5. The molecular weight excluding hydrogens is 232 g/mol. The van der Waals surface area contributed by atoms with Crippen LogP contribution in [0.2, 0.25) is 0 Å². The number of benzene rings is 1. The Morgan fingerprint density at radius 2 is 1.79 bits per heavy atom. The smallest absolute Gasteiger partial charge is 0.120 e. The zero-order valence-electron chi connectivity index (χ0n) is 13.1. The molecule has 19 heavy (non-hydrogen) atoms. The number of hydrogen-bond acceptors (Lipinski definition) is 1. The third kappa shape index (κ3) is 7.50. The average molecular weight is 260 g/mol. The van der Waals surface area contributed by atoms with Gasteiger partial charge in [0, 0.05) is 0 Å². The minimum absolute atomic E-state index is 0.681. The van der Waals surface area contributed by atoms with Gasteiger partial charge in [0.2, 0.25) is 0 Å². The molecule has 0 saturated heterocycles. The van der Waals surface area contributed by atoms with Crippen LogP contribution in [0.1, 0.15) is 46.1 Å². The lowest BCUT2D eigenvalue weighted by atomic mass is 10.1. The van der Waals surface area contributed by atoms with Crippen molar-refractivity contribution in [1.82, 2.24) is 0 Å². The predicted octanol–water partition coefficient (Wildman–Crippen LogP) is 5.70. The molecule has 0 bridgehead atoms. The van der Waals surface area contributed by atoms with Gasteiger partial charge in [0.25, 0.3) is 0 Å². The van der Waals surface area contributed by atoms with E-state index >= 15 is 0 Å². The van der Waals surface area contributed by atoms with Crippen molar-refractivity contribution < 1.29 is 4.74 Å². The molecule has 0 aromatic heterocycles. The number of allylic oxidation sites excluding steroid dienone is 2. The molecule has 2 rings (SSSR count). The summed E-state index contributed by atoms with van der Waals surface area (Å²) in [5.41, 5.74) is 2.52. The van der Waals surface area contributed by atoms with Gasteiger partial charge >= 0.3 is 0 Å². The Labute approximate surface area is 119 Å². The lowest BCUT2D eigenvalue weighted by molar-refractivity contribution is 0.354. The highest BCUT2D eigenvalue weighted by molar-refractivity contribution is 5.29. The van der Waals surface area contributed by atoms with Crippen molar-refractivity contribution >= 4 is 0 Å². The Bertz CT molecular complexity index is 388. The van der Waals surface area contributed by atoms with Crippen LogP contribution in [0.15, 0.2) is 48.1 Å². The summed E-state index contributed by atoms with van der Waals surface area (Å²) in [5, 5.41) is 0. The third-order valence-electron chi connectivity index (χ3n) is 2.47. The Morgan fingerprint density at radius 3 is 2.37 bits per heavy atom. The van der Waals surface area contributed by atoms with Crippen molar-refractivity contribution in [3.8, 4) is 5.75 Å². The minimum Gasteiger partial charge on any atom is -0.489 e. The summed E-state index contributed by atoms with van der Waals surface area (Å²) in [6, 6.07) is 8.16. The van der Waals surface area contributed by atoms with Crippen LogP contribution in [0.5, 0.6) is 5.75 Å². The molecule has 0 fully saturated rings. The fraction of sp³-hybridized carbons (Fsp3) is 0.444. The Hall–Kier alpha value is -1.50. The lowest BCUT2D eigenvalue weighted by Gasteiger charge is -2.09. The molecular formula is C18H28O. The predicted molar refractivity (Wildman–Crippen MR) is 85.8 cm³/mol. The van der Waals surface area contributed by atoms with Crippen LogP contribution in [0.3, 0.4) is 0 Å². The number of hydrogen-bond donors (Lipinski definition) is 0. The Balaban J connectivity index is 0.000000741. The van der Waals surface area contributed by atoms with Crippen LogP contribution < -0.4 is 4.74 Å². The molecule has 1 aromatic rings. The molecule has 106 valence electrons. The van der Waals surface area contributed by atoms with E-state index in [0.29, 0.717) is 6.61 Å². The molecule has 0 saturated carbocycles. The Kier molecular flexibility index (Phi) is 10.7. The van der Waals surface area contributed by atoms with E-state index in [1.165, 1.54) is 11.1 Å². The van der Waals surface area contributed by atoms with E-state index in [9.17, 15) is 0 Å². The molecule has 0 spiro atoms. The molecule has 0 unspecified atom stereocenters. The van der Waals surface area contributed by atoms with E-state index in [1.54, 1.807) is 0 Å². The van der Waals surface area contributed by atoms with Crippen molar-refractivity contribution in [3.63, 3.8) is 0 Å². The summed E-state index contributed by atoms with van der Waals surface area (Å²) < 4.78 is 5.71. The highest BCUT2D eigenvalue weighted by Gasteiger charge is 1.99. The van der Waals surface area contributed by atoms with E-state index < -0.39 is 0 Å². The van der Waals surface area contributed by atoms with Crippen molar-refractivity contribution in [2.75, 3.05) is 6.61 Å². The van der Waals surface area contributed by atoms with Crippen molar-refractivity contribution in [2.45, 2.75) is 47.5 Å². The minimum atomic E-state index is 0.681. The van der Waals surface area contributed by atoms with Crippen LogP contribution in [0.4, 0.5) is 0 Å². The summed E-state index contributed by atoms with van der Waals surface area (Å²) in [7, 11) is 0. The lowest BCUT2D eigenvalue weighted by Crippen LogP contribution is -2.01. The fourth-order valence-electron chi connectivity index (χ4n) is 1.65. The molecule has 1 nitrogen and oxygen atoms in total. The molecule has 1 aliphatic carbocycles. The number of ether oxygens (including phenoxy) is 1. The first-order chi connectivity index (χ1) is 9.34. The van der Waals surface area contributed by atoms with Crippen molar-refractivity contribution in [3.05, 3.63) is 53.6 Å². The number of rotatable bonds is 3. The van der Waals surface area contributed by atoms with Crippen LogP contribution in [0, 0.1) is 6.92 Å². The molecule has 0 aliphatic heterocycles. The zero-order chi connectivity index (χ0) is 14.5. The van der Waals surface area contributed by atoms with E-state index in [4.69, 9.17) is 4.74 Å². The molecule has 0 radical (unpaired) electrons. The quantitative estimate of drug-likeness (QED) is 0.677. The summed E-state index contributed by atoms with van der Waals surface area (Å²) >= 11 is 0. The average Bonchev–Trinajstić information content (AvgIpc) is 2.50. The highest BCUT2D eigenvalue weighted by Crippen LogP contribution is 2.15. The molecule has 1 heteroatoms. The van der Waals surface area contributed by atoms with E-state index in [2.05, 4.69) is 37.3 Å². The topological polar surface area (TPSA) is 9.23 Å². The SMILES string of the molecule is CC.CC.Cc1cccc(OCC2=CCCC=C2)c1. The fourth-order valence-corrected chi connectivity index (χ4v) is 1.65. The van der Waals surface area contributed by atoms with Crippen molar-refractivity contribution in [2.24, 2.45) is 0 Å². The van der Waals surface area contributed by atoms with Gasteiger partial charge in [-0.1, -0.05) is 58.1 Å². The molecule has 1 aromatic carbocycles. The van der Waals surface area contributed by atoms with Gasteiger partial charge in [-0.2, -0.15) is 0 Å². The summed E-state index contributed by atoms with van der Waals surface area (Å²) in [4.78, 5) is 0. The molecule has 0 atom stereocenters. The second-order valence-corrected chi connectivity index (χ2v) is 3.86. The largest absolute Gasteiger partial charge is 0.489 e. The standard InChI is InChI=1S/C14H16O.2C2H6/c1-12-6-5-9-14(10-12)15-11-13-7-3-2-4-8-13;2*1-2/h3,5-10H,2,4,11H2,1H3;2*1-2H3. The molecule has 1 aliphatic rings. The van der Waals surface area contributed by atoms with E-state index in [0.717, 1.165) is 18.6 Å². The zero-order valence-corrected chi connectivity index (χ0v) is 13.1. The van der Waals surface area contributed by atoms with Crippen LogP contribution in [0.25, 0.3) is 0 Å². The Morgan fingerprint density at radius 1 is 1.05 bits per heavy atom. The van der Waals surface area contributed by atoms with Gasteiger partial charge in [0.15, 0.2) is 0 Å². The van der Waals surface area contributed by atoms with E-state index in [1.807, 2.05) is 39.8 Å². The second kappa shape index (κ2) is 11.6. The van der Waals surface area contributed by atoms with Gasteiger partial charge in [0.05, 0.1) is 0 Å². The van der Waals surface area contributed by atoms with E-state index in [-0.39, 0.29) is 0 Å². The maximum Gasteiger partial charge on any atom is 0.120 e. The molecule has 0 N–H and O–H groups in total. The first-order valence-electron chi connectivity index (χ1n) is 7.39. The molecule has 0 amide bonds. The van der Waals surface area contributed by atoms with Crippen LogP contribution in [-0.4, -0.2) is 6.61 Å². The first-order valence-corrected chi connectivity index (χ1v) is 7.39. The van der Waals surface area contributed by atoms with Gasteiger partial charge in [0.1, 0.15) is 12.4 Å². The third-order valence-corrected chi connectivity index (χ3v) is 2.47. The summed E-state index contributed by atoms with van der Waals surface area (Å²) in [5.74, 6) is 0.954. The maximum absolute atomic E-state index is 5.71. The van der Waals surface area contributed by atoms with Gasteiger partial charge in [-0.3, -0.25) is 0 Å². The number of aryl methyl sites for hydroxylation is 1. The van der Waals surface area contributed by atoms with Gasteiger partial charge < -0.3 is 4.74 Å². The summed E-state index contributed by atoms with van der Waals surface area (Å²) in [6.45, 7) is 10.8. The second-order valence-electron chi connectivity index (χ2n) is 3.86. The van der Waals surface area contributed by atoms with Crippen molar-refractivity contribution in [1.29, 1.82) is 0 Å². The highest BCUT2D eigenvalue weighted by atomic mass is 16.5. The monoisotopic (exact) mass is 260 g/mol.